The Morgan fingerprint density at radius 2 is 1.03 bits per heavy atom. The van der Waals surface area contributed by atoms with Gasteiger partial charge in [0.05, 0.1) is 5.69 Å². The Morgan fingerprint density at radius 1 is 0.483 bits per heavy atom. The third-order valence-electron chi connectivity index (χ3n) is 5.10. The summed E-state index contributed by atoms with van der Waals surface area (Å²) in [6.45, 7) is 0. The van der Waals surface area contributed by atoms with Crippen molar-refractivity contribution in [2.75, 3.05) is 0 Å². The van der Waals surface area contributed by atoms with Gasteiger partial charge in [0.25, 0.3) is 0 Å². The number of hydrogen-bond donors (Lipinski definition) is 0. The SMILES string of the molecule is c1ccc(P(c2ccccc2)c2ccc(-c3nccc4ccccc34)cc2)cc1. The molecule has 0 N–H and O–H groups in total. The molecule has 0 aliphatic carbocycles. The molecule has 0 aliphatic rings. The predicted octanol–water partition coefficient (Wildman–Crippen LogP) is 5.66. The number of nitrogens with zero attached hydrogens (tertiary/aromatic N) is 1. The van der Waals surface area contributed by atoms with E-state index in [1.807, 2.05) is 6.20 Å². The number of hydrogen-bond acceptors (Lipinski definition) is 1. The summed E-state index contributed by atoms with van der Waals surface area (Å²) in [5.74, 6) is 0. The van der Waals surface area contributed by atoms with Crippen molar-refractivity contribution in [2.45, 2.75) is 0 Å². The van der Waals surface area contributed by atoms with Crippen LogP contribution in [-0.4, -0.2) is 4.98 Å². The lowest BCUT2D eigenvalue weighted by Crippen LogP contribution is -2.20. The molecule has 2 heteroatoms. The van der Waals surface area contributed by atoms with Gasteiger partial charge in [-0.3, -0.25) is 4.98 Å². The monoisotopic (exact) mass is 389 g/mol. The van der Waals surface area contributed by atoms with Crippen LogP contribution in [0.1, 0.15) is 0 Å². The van der Waals surface area contributed by atoms with Crippen LogP contribution in [0.5, 0.6) is 0 Å². The molecular weight excluding hydrogens is 369 g/mol. The lowest BCUT2D eigenvalue weighted by Gasteiger charge is -2.19. The van der Waals surface area contributed by atoms with Crippen LogP contribution in [0.25, 0.3) is 22.0 Å². The van der Waals surface area contributed by atoms with Gasteiger partial charge < -0.3 is 0 Å². The van der Waals surface area contributed by atoms with E-state index in [9.17, 15) is 0 Å². The highest BCUT2D eigenvalue weighted by Gasteiger charge is 2.16. The number of aromatic nitrogens is 1. The van der Waals surface area contributed by atoms with Gasteiger partial charge in [-0.1, -0.05) is 109 Å². The van der Waals surface area contributed by atoms with Gasteiger partial charge in [0.15, 0.2) is 0 Å². The summed E-state index contributed by atoms with van der Waals surface area (Å²) < 4.78 is 0. The Hall–Kier alpha value is -3.28. The van der Waals surface area contributed by atoms with Crippen molar-refractivity contribution in [1.29, 1.82) is 0 Å². The molecular formula is C27H20NP. The third kappa shape index (κ3) is 3.58. The maximum absolute atomic E-state index is 4.67. The van der Waals surface area contributed by atoms with E-state index in [1.165, 1.54) is 26.7 Å². The largest absolute Gasteiger partial charge is 0.256 e. The second-order valence-corrected chi connectivity index (χ2v) is 9.15. The standard InChI is InChI=1S/C27H20NP/c1-3-10-23(11-4-1)29(24-12-5-2-6-13-24)25-17-15-22(16-18-25)27-26-14-8-7-9-21(26)19-20-28-27/h1-20H. The van der Waals surface area contributed by atoms with E-state index in [-0.39, 0.29) is 0 Å². The number of rotatable bonds is 4. The van der Waals surface area contributed by atoms with Crippen LogP contribution in [0.4, 0.5) is 0 Å². The number of fused-ring (bicyclic) bond motifs is 1. The quantitative estimate of drug-likeness (QED) is 0.362. The number of benzene rings is 4. The van der Waals surface area contributed by atoms with Gasteiger partial charge in [-0.15, -0.1) is 0 Å². The molecule has 1 heterocycles. The van der Waals surface area contributed by atoms with E-state index in [4.69, 9.17) is 0 Å². The van der Waals surface area contributed by atoms with E-state index in [0.717, 1.165) is 11.3 Å². The summed E-state index contributed by atoms with van der Waals surface area (Å²) in [7, 11) is -0.582. The first-order chi connectivity index (χ1) is 14.4. The number of pyridine rings is 1. The normalized spacial score (nSPS) is 11.1. The van der Waals surface area contributed by atoms with Gasteiger partial charge in [-0.2, -0.15) is 0 Å². The first-order valence-corrected chi connectivity index (χ1v) is 11.1. The Bertz CT molecular complexity index is 1190. The Kier molecular flexibility index (Phi) is 4.90. The molecule has 138 valence electrons. The molecule has 5 rings (SSSR count). The van der Waals surface area contributed by atoms with Crippen LogP contribution >= 0.6 is 7.92 Å². The molecule has 1 nitrogen and oxygen atoms in total. The molecule has 0 atom stereocenters. The Labute approximate surface area is 172 Å². The van der Waals surface area contributed by atoms with Gasteiger partial charge in [0, 0.05) is 17.1 Å². The highest BCUT2D eigenvalue weighted by atomic mass is 31.1. The van der Waals surface area contributed by atoms with Crippen molar-refractivity contribution in [1.82, 2.24) is 4.98 Å². The summed E-state index contributed by atoms with van der Waals surface area (Å²) in [6.07, 6.45) is 1.90. The van der Waals surface area contributed by atoms with Gasteiger partial charge in [-0.25, -0.2) is 0 Å². The van der Waals surface area contributed by atoms with Crippen molar-refractivity contribution < 1.29 is 0 Å². The molecule has 1 aromatic heterocycles. The maximum Gasteiger partial charge on any atom is 0.0780 e. The van der Waals surface area contributed by atoms with Crippen molar-refractivity contribution in [2.24, 2.45) is 0 Å². The fourth-order valence-corrected chi connectivity index (χ4v) is 6.00. The zero-order chi connectivity index (χ0) is 19.5. The second-order valence-electron chi connectivity index (χ2n) is 6.93. The zero-order valence-electron chi connectivity index (χ0n) is 15.9. The van der Waals surface area contributed by atoms with Crippen LogP contribution < -0.4 is 15.9 Å². The Morgan fingerprint density at radius 3 is 1.69 bits per heavy atom. The summed E-state index contributed by atoms with van der Waals surface area (Å²) in [5, 5.41) is 6.49. The molecule has 0 fully saturated rings. The average Bonchev–Trinajstić information content (AvgIpc) is 2.81. The lowest BCUT2D eigenvalue weighted by atomic mass is 10.0. The minimum absolute atomic E-state index is 0.582. The van der Waals surface area contributed by atoms with Crippen molar-refractivity contribution in [3.05, 3.63) is 121 Å². The molecule has 0 unspecified atom stereocenters. The molecule has 0 bridgehead atoms. The summed E-state index contributed by atoms with van der Waals surface area (Å²) in [6, 6.07) is 41.1. The van der Waals surface area contributed by atoms with E-state index >= 15 is 0 Å². The summed E-state index contributed by atoms with van der Waals surface area (Å²) >= 11 is 0. The highest BCUT2D eigenvalue weighted by Crippen LogP contribution is 2.34. The first kappa shape index (κ1) is 17.8. The highest BCUT2D eigenvalue weighted by molar-refractivity contribution is 7.79. The van der Waals surface area contributed by atoms with E-state index in [0.29, 0.717) is 0 Å². The zero-order valence-corrected chi connectivity index (χ0v) is 16.8. The molecule has 5 aromatic rings. The molecule has 0 saturated heterocycles. The Balaban J connectivity index is 1.59. The van der Waals surface area contributed by atoms with Crippen molar-refractivity contribution in [3.8, 4) is 11.3 Å². The molecule has 29 heavy (non-hydrogen) atoms. The van der Waals surface area contributed by atoms with Crippen LogP contribution in [0, 0.1) is 0 Å². The fraction of sp³-hybridized carbons (Fsp3) is 0. The molecule has 0 aliphatic heterocycles. The molecule has 0 amide bonds. The third-order valence-corrected chi connectivity index (χ3v) is 7.54. The minimum atomic E-state index is -0.582. The van der Waals surface area contributed by atoms with E-state index < -0.39 is 7.92 Å². The van der Waals surface area contributed by atoms with Crippen molar-refractivity contribution in [3.63, 3.8) is 0 Å². The van der Waals surface area contributed by atoms with Crippen molar-refractivity contribution >= 4 is 34.6 Å². The fourth-order valence-electron chi connectivity index (χ4n) is 3.72. The van der Waals surface area contributed by atoms with E-state index in [1.54, 1.807) is 0 Å². The molecule has 4 aromatic carbocycles. The van der Waals surface area contributed by atoms with Crippen LogP contribution in [-0.2, 0) is 0 Å². The average molecular weight is 389 g/mol. The van der Waals surface area contributed by atoms with Gasteiger partial charge in [0.2, 0.25) is 0 Å². The predicted molar refractivity (Wildman–Crippen MR) is 126 cm³/mol. The smallest absolute Gasteiger partial charge is 0.0780 e. The molecule has 0 radical (unpaired) electrons. The van der Waals surface area contributed by atoms with Crippen LogP contribution in [0.15, 0.2) is 121 Å². The molecule has 0 spiro atoms. The minimum Gasteiger partial charge on any atom is -0.256 e. The van der Waals surface area contributed by atoms with Gasteiger partial charge >= 0.3 is 0 Å². The van der Waals surface area contributed by atoms with Crippen LogP contribution in [0.2, 0.25) is 0 Å². The maximum atomic E-state index is 4.67. The topological polar surface area (TPSA) is 12.9 Å². The first-order valence-electron chi connectivity index (χ1n) is 9.74. The lowest BCUT2D eigenvalue weighted by molar-refractivity contribution is 1.36. The van der Waals surface area contributed by atoms with E-state index in [2.05, 4.69) is 120 Å². The van der Waals surface area contributed by atoms with Crippen LogP contribution in [0.3, 0.4) is 0 Å². The summed E-state index contributed by atoms with van der Waals surface area (Å²) in [4.78, 5) is 4.67. The second kappa shape index (κ2) is 7.99. The molecule has 0 saturated carbocycles. The van der Waals surface area contributed by atoms with Gasteiger partial charge in [-0.05, 0) is 35.3 Å². The van der Waals surface area contributed by atoms with Gasteiger partial charge in [0.1, 0.15) is 0 Å². The summed E-state index contributed by atoms with van der Waals surface area (Å²) in [5.41, 5.74) is 2.19.